The second kappa shape index (κ2) is 5.80. The van der Waals surface area contributed by atoms with Gasteiger partial charge in [0.2, 0.25) is 0 Å². The van der Waals surface area contributed by atoms with Crippen LogP contribution in [0, 0.1) is 0 Å². The van der Waals surface area contributed by atoms with Crippen LogP contribution in [0.4, 0.5) is 0 Å². The van der Waals surface area contributed by atoms with E-state index >= 15 is 0 Å². The Labute approximate surface area is 114 Å². The van der Waals surface area contributed by atoms with Gasteiger partial charge in [-0.05, 0) is 30.5 Å². The number of nitrogens with two attached hydrogens (primary N) is 1. The van der Waals surface area contributed by atoms with Crippen LogP contribution >= 0.6 is 0 Å². The molecule has 0 radical (unpaired) electrons. The highest BCUT2D eigenvalue weighted by molar-refractivity contribution is 5.40. The number of benzene rings is 1. The summed E-state index contributed by atoms with van der Waals surface area (Å²) in [5.74, 6) is 1.52. The average Bonchev–Trinajstić information content (AvgIpc) is 2.95. The Hall–Kier alpha value is -1.26. The maximum absolute atomic E-state index is 6.46. The molecule has 1 aromatic rings. The van der Waals surface area contributed by atoms with Gasteiger partial charge in [-0.1, -0.05) is 12.8 Å². The van der Waals surface area contributed by atoms with Crippen LogP contribution in [0.3, 0.4) is 0 Å². The SMILES string of the molecule is COc1cc(OC)cc(C(N)C2(OC)CCCC2)c1. The third-order valence-corrected chi connectivity index (χ3v) is 4.16. The summed E-state index contributed by atoms with van der Waals surface area (Å²) in [7, 11) is 5.04. The van der Waals surface area contributed by atoms with Gasteiger partial charge in [-0.15, -0.1) is 0 Å². The first-order valence-corrected chi connectivity index (χ1v) is 6.69. The molecule has 0 aromatic heterocycles. The first-order valence-electron chi connectivity index (χ1n) is 6.69. The topological polar surface area (TPSA) is 53.7 Å². The fourth-order valence-corrected chi connectivity index (χ4v) is 2.93. The maximum atomic E-state index is 6.46. The van der Waals surface area contributed by atoms with Crippen molar-refractivity contribution in [3.8, 4) is 11.5 Å². The molecule has 19 heavy (non-hydrogen) atoms. The van der Waals surface area contributed by atoms with E-state index in [1.54, 1.807) is 21.3 Å². The van der Waals surface area contributed by atoms with Crippen LogP contribution in [-0.4, -0.2) is 26.9 Å². The van der Waals surface area contributed by atoms with Gasteiger partial charge >= 0.3 is 0 Å². The van der Waals surface area contributed by atoms with Crippen LogP contribution in [0.1, 0.15) is 37.3 Å². The molecule has 0 aliphatic heterocycles. The molecule has 1 aromatic carbocycles. The summed E-state index contributed by atoms with van der Waals surface area (Å²) in [6, 6.07) is 5.62. The zero-order chi connectivity index (χ0) is 13.9. The number of ether oxygens (including phenoxy) is 3. The molecule has 0 heterocycles. The highest BCUT2D eigenvalue weighted by Gasteiger charge is 2.40. The summed E-state index contributed by atoms with van der Waals surface area (Å²) in [4.78, 5) is 0. The van der Waals surface area contributed by atoms with Gasteiger partial charge in [0.1, 0.15) is 11.5 Å². The van der Waals surface area contributed by atoms with E-state index in [1.807, 2.05) is 18.2 Å². The molecule has 1 fully saturated rings. The molecule has 2 N–H and O–H groups in total. The van der Waals surface area contributed by atoms with Gasteiger partial charge in [-0.3, -0.25) is 0 Å². The lowest BCUT2D eigenvalue weighted by Crippen LogP contribution is -2.40. The summed E-state index contributed by atoms with van der Waals surface area (Å²) in [5, 5.41) is 0. The maximum Gasteiger partial charge on any atom is 0.122 e. The molecule has 0 saturated heterocycles. The number of rotatable bonds is 5. The van der Waals surface area contributed by atoms with E-state index in [-0.39, 0.29) is 11.6 Å². The molecule has 1 saturated carbocycles. The summed E-state index contributed by atoms with van der Waals surface area (Å²) in [6.45, 7) is 0. The zero-order valence-corrected chi connectivity index (χ0v) is 11.9. The average molecular weight is 265 g/mol. The van der Waals surface area contributed by atoms with Crippen molar-refractivity contribution in [3.63, 3.8) is 0 Å². The second-order valence-electron chi connectivity index (χ2n) is 5.10. The van der Waals surface area contributed by atoms with Crippen LogP contribution in [0.15, 0.2) is 18.2 Å². The van der Waals surface area contributed by atoms with E-state index in [1.165, 1.54) is 12.8 Å². The van der Waals surface area contributed by atoms with Gasteiger partial charge in [-0.25, -0.2) is 0 Å². The minimum Gasteiger partial charge on any atom is -0.497 e. The van der Waals surface area contributed by atoms with E-state index in [0.29, 0.717) is 0 Å². The summed E-state index contributed by atoms with van der Waals surface area (Å²) >= 11 is 0. The van der Waals surface area contributed by atoms with Crippen molar-refractivity contribution in [2.75, 3.05) is 21.3 Å². The molecular formula is C15H23NO3. The van der Waals surface area contributed by atoms with Gasteiger partial charge in [0, 0.05) is 13.2 Å². The quantitative estimate of drug-likeness (QED) is 0.889. The molecule has 2 rings (SSSR count). The minimum atomic E-state index is -0.253. The highest BCUT2D eigenvalue weighted by atomic mass is 16.5. The van der Waals surface area contributed by atoms with E-state index in [4.69, 9.17) is 19.9 Å². The van der Waals surface area contributed by atoms with Gasteiger partial charge in [0.15, 0.2) is 0 Å². The third kappa shape index (κ3) is 2.69. The van der Waals surface area contributed by atoms with Crippen LogP contribution in [0.5, 0.6) is 11.5 Å². The minimum absolute atomic E-state index is 0.163. The van der Waals surface area contributed by atoms with Crippen LogP contribution < -0.4 is 15.2 Å². The molecule has 4 heteroatoms. The Morgan fingerprint density at radius 1 is 1.00 bits per heavy atom. The Morgan fingerprint density at radius 3 is 1.95 bits per heavy atom. The van der Waals surface area contributed by atoms with E-state index in [2.05, 4.69) is 0 Å². The molecule has 0 amide bonds. The second-order valence-corrected chi connectivity index (χ2v) is 5.10. The number of hydrogen-bond acceptors (Lipinski definition) is 4. The third-order valence-electron chi connectivity index (χ3n) is 4.16. The number of methoxy groups -OCH3 is 3. The number of hydrogen-bond donors (Lipinski definition) is 1. The van der Waals surface area contributed by atoms with E-state index in [0.717, 1.165) is 29.9 Å². The lowest BCUT2D eigenvalue weighted by atomic mass is 9.87. The highest BCUT2D eigenvalue weighted by Crippen LogP contribution is 2.42. The van der Waals surface area contributed by atoms with Crippen LogP contribution in [0.25, 0.3) is 0 Å². The van der Waals surface area contributed by atoms with Crippen molar-refractivity contribution in [3.05, 3.63) is 23.8 Å². The van der Waals surface area contributed by atoms with Crippen molar-refractivity contribution in [2.45, 2.75) is 37.3 Å². The first kappa shape index (κ1) is 14.2. The standard InChI is InChI=1S/C15H23NO3/c1-17-12-8-11(9-13(10-12)18-2)14(16)15(19-3)6-4-5-7-15/h8-10,14H,4-7,16H2,1-3H3. The van der Waals surface area contributed by atoms with Gasteiger partial charge in [0.05, 0.1) is 25.9 Å². The summed E-state index contributed by atoms with van der Waals surface area (Å²) in [5.41, 5.74) is 7.20. The monoisotopic (exact) mass is 265 g/mol. The summed E-state index contributed by atoms with van der Waals surface area (Å²) < 4.78 is 16.4. The lowest BCUT2D eigenvalue weighted by Gasteiger charge is -2.34. The largest absolute Gasteiger partial charge is 0.497 e. The van der Waals surface area contributed by atoms with Crippen molar-refractivity contribution in [1.82, 2.24) is 0 Å². The lowest BCUT2D eigenvalue weighted by molar-refractivity contribution is -0.0264. The summed E-state index contributed by atoms with van der Waals surface area (Å²) in [6.07, 6.45) is 4.35. The molecule has 1 unspecified atom stereocenters. The molecule has 0 bridgehead atoms. The molecule has 1 atom stereocenters. The van der Waals surface area contributed by atoms with Crippen molar-refractivity contribution in [2.24, 2.45) is 5.73 Å². The van der Waals surface area contributed by atoms with Gasteiger partial charge in [-0.2, -0.15) is 0 Å². The fraction of sp³-hybridized carbons (Fsp3) is 0.600. The Bertz CT molecular complexity index is 405. The van der Waals surface area contributed by atoms with E-state index < -0.39 is 0 Å². The molecule has 0 spiro atoms. The van der Waals surface area contributed by atoms with Gasteiger partial charge < -0.3 is 19.9 Å². The predicted octanol–water partition coefficient (Wildman–Crippen LogP) is 2.66. The Kier molecular flexibility index (Phi) is 4.32. The molecule has 4 nitrogen and oxygen atoms in total. The molecule has 106 valence electrons. The Morgan fingerprint density at radius 2 is 1.53 bits per heavy atom. The van der Waals surface area contributed by atoms with Crippen molar-refractivity contribution in [1.29, 1.82) is 0 Å². The zero-order valence-electron chi connectivity index (χ0n) is 11.9. The smallest absolute Gasteiger partial charge is 0.122 e. The molecule has 1 aliphatic rings. The van der Waals surface area contributed by atoms with E-state index in [9.17, 15) is 0 Å². The van der Waals surface area contributed by atoms with Gasteiger partial charge in [0.25, 0.3) is 0 Å². The molecular weight excluding hydrogens is 242 g/mol. The van der Waals surface area contributed by atoms with Crippen molar-refractivity contribution >= 4 is 0 Å². The molecule has 1 aliphatic carbocycles. The van der Waals surface area contributed by atoms with Crippen LogP contribution in [-0.2, 0) is 4.74 Å². The first-order chi connectivity index (χ1) is 9.15. The normalized spacial score (nSPS) is 19.2. The fourth-order valence-electron chi connectivity index (χ4n) is 2.93. The predicted molar refractivity (Wildman–Crippen MR) is 74.7 cm³/mol. The van der Waals surface area contributed by atoms with Crippen molar-refractivity contribution < 1.29 is 14.2 Å². The van der Waals surface area contributed by atoms with Crippen LogP contribution in [0.2, 0.25) is 0 Å². The Balaban J connectivity index is 2.34.